The summed E-state index contributed by atoms with van der Waals surface area (Å²) in [5, 5.41) is 18.5. The Hall–Kier alpha value is -3.25. The third kappa shape index (κ3) is 5.76. The molecule has 0 aliphatic carbocycles. The Kier molecular flexibility index (Phi) is 7.19. The van der Waals surface area contributed by atoms with Crippen molar-refractivity contribution in [2.45, 2.75) is 64.0 Å². The van der Waals surface area contributed by atoms with Crippen molar-refractivity contribution in [3.63, 3.8) is 0 Å². The zero-order chi connectivity index (χ0) is 26.1. The Morgan fingerprint density at radius 2 is 1.92 bits per heavy atom. The average molecular weight is 503 g/mol. The second kappa shape index (κ2) is 10.0. The van der Waals surface area contributed by atoms with Crippen molar-refractivity contribution in [1.29, 1.82) is 5.26 Å². The summed E-state index contributed by atoms with van der Waals surface area (Å²) in [6.07, 6.45) is -1.28. The Morgan fingerprint density at radius 3 is 2.56 bits per heavy atom. The van der Waals surface area contributed by atoms with Crippen LogP contribution >= 0.6 is 0 Å². The predicted molar refractivity (Wildman–Crippen MR) is 126 cm³/mol. The second-order valence-electron chi connectivity index (χ2n) is 9.79. The topological polar surface area (TPSA) is 82.8 Å². The van der Waals surface area contributed by atoms with E-state index in [4.69, 9.17) is 4.74 Å². The van der Waals surface area contributed by atoms with Crippen LogP contribution in [0, 0.1) is 17.2 Å². The number of halogens is 3. The van der Waals surface area contributed by atoms with Crippen molar-refractivity contribution >= 4 is 5.97 Å². The number of aryl methyl sites for hydroxylation is 1. The number of carboxylic acid groups (broad SMARTS) is 1. The maximum atomic E-state index is 13.0. The van der Waals surface area contributed by atoms with Crippen molar-refractivity contribution in [2.75, 3.05) is 13.1 Å². The van der Waals surface area contributed by atoms with Gasteiger partial charge in [-0.15, -0.1) is 13.2 Å². The first-order valence-electron chi connectivity index (χ1n) is 12.1. The molecule has 2 aliphatic heterocycles. The van der Waals surface area contributed by atoms with Crippen LogP contribution in [0.15, 0.2) is 36.4 Å². The van der Waals surface area contributed by atoms with Gasteiger partial charge in [0.1, 0.15) is 17.1 Å². The fraction of sp³-hybridized carbons (Fsp3) is 0.481. The maximum Gasteiger partial charge on any atom is 0.573 e. The highest BCUT2D eigenvalue weighted by atomic mass is 19.4. The van der Waals surface area contributed by atoms with Crippen LogP contribution in [0.25, 0.3) is 0 Å². The Morgan fingerprint density at radius 1 is 1.19 bits per heavy atom. The van der Waals surface area contributed by atoms with Crippen molar-refractivity contribution in [3.05, 3.63) is 58.7 Å². The fourth-order valence-corrected chi connectivity index (χ4v) is 5.14. The minimum Gasteiger partial charge on any atom is -0.487 e. The molecule has 1 N–H and O–H groups in total. The van der Waals surface area contributed by atoms with Crippen molar-refractivity contribution < 1.29 is 32.5 Å². The number of alkyl halides is 3. The number of rotatable bonds is 6. The van der Waals surface area contributed by atoms with Crippen LogP contribution in [0.1, 0.15) is 61.4 Å². The standard InChI is InChI=1S/C27H29F3N2O4/c1-17(25(33)34)13-19-3-5-21-7-8-26(35-24(21)15-19)9-11-32(12-10-26)18(2)22-14-20(16-31)4-6-23(22)36-27(28,29)30/h3-6,14-15,17-18H,7-13H2,1-2H3,(H,33,34). The first-order valence-corrected chi connectivity index (χ1v) is 12.1. The van der Waals surface area contributed by atoms with Crippen molar-refractivity contribution in [1.82, 2.24) is 4.90 Å². The molecule has 2 aliphatic rings. The monoisotopic (exact) mass is 502 g/mol. The molecule has 0 bridgehead atoms. The molecule has 192 valence electrons. The smallest absolute Gasteiger partial charge is 0.487 e. The molecule has 9 heteroatoms. The van der Waals surface area contributed by atoms with Gasteiger partial charge in [0.05, 0.1) is 17.6 Å². The summed E-state index contributed by atoms with van der Waals surface area (Å²) in [7, 11) is 0. The van der Waals surface area contributed by atoms with E-state index in [1.54, 1.807) is 6.92 Å². The Balaban J connectivity index is 1.47. The van der Waals surface area contributed by atoms with Gasteiger partial charge in [-0.3, -0.25) is 9.69 Å². The molecular formula is C27H29F3N2O4. The number of aliphatic carboxylic acids is 1. The molecule has 0 saturated carbocycles. The molecule has 6 nitrogen and oxygen atoms in total. The largest absolute Gasteiger partial charge is 0.573 e. The quantitative estimate of drug-likeness (QED) is 0.551. The van der Waals surface area contributed by atoms with Crippen molar-refractivity contribution in [2.24, 2.45) is 5.92 Å². The first kappa shape index (κ1) is 25.8. The minimum atomic E-state index is -4.82. The summed E-state index contributed by atoms with van der Waals surface area (Å²) in [5.74, 6) is -0.826. The van der Waals surface area contributed by atoms with Gasteiger partial charge in [-0.1, -0.05) is 19.1 Å². The van der Waals surface area contributed by atoms with Gasteiger partial charge in [-0.25, -0.2) is 0 Å². The SMILES string of the molecule is CC(Cc1ccc2c(c1)OC1(CC2)CCN(C(C)c2cc(C#N)ccc2OC(F)(F)F)CC1)C(=O)O. The number of nitrogens with zero attached hydrogens (tertiary/aromatic N) is 2. The molecule has 2 atom stereocenters. The number of hydrogen-bond donors (Lipinski definition) is 1. The fourth-order valence-electron chi connectivity index (χ4n) is 5.14. The molecule has 36 heavy (non-hydrogen) atoms. The van der Waals surface area contributed by atoms with Gasteiger partial charge >= 0.3 is 12.3 Å². The van der Waals surface area contributed by atoms with Gasteiger partial charge in [0.25, 0.3) is 0 Å². The number of likely N-dealkylation sites (tertiary alicyclic amines) is 1. The second-order valence-corrected chi connectivity index (χ2v) is 9.79. The van der Waals surface area contributed by atoms with Crippen LogP contribution < -0.4 is 9.47 Å². The Labute approximate surface area is 208 Å². The molecule has 2 heterocycles. The van der Waals surface area contributed by atoms with E-state index in [0.29, 0.717) is 37.9 Å². The molecule has 0 amide bonds. The van der Waals surface area contributed by atoms with E-state index in [2.05, 4.69) is 9.64 Å². The van der Waals surface area contributed by atoms with Gasteiger partial charge in [0.15, 0.2) is 0 Å². The average Bonchev–Trinajstić information content (AvgIpc) is 2.83. The van der Waals surface area contributed by atoms with E-state index in [9.17, 15) is 28.3 Å². The van der Waals surface area contributed by atoms with E-state index < -0.39 is 18.2 Å². The first-order chi connectivity index (χ1) is 17.0. The van der Waals surface area contributed by atoms with Crippen LogP contribution in [0.4, 0.5) is 13.2 Å². The molecule has 1 spiro atoms. The zero-order valence-corrected chi connectivity index (χ0v) is 20.3. The molecule has 1 fully saturated rings. The molecule has 2 aromatic carbocycles. The summed E-state index contributed by atoms with van der Waals surface area (Å²) in [6, 6.07) is 11.5. The van der Waals surface area contributed by atoms with Crippen LogP contribution in [0.2, 0.25) is 0 Å². The highest BCUT2D eigenvalue weighted by molar-refractivity contribution is 5.70. The van der Waals surface area contributed by atoms with Gasteiger partial charge in [-0.2, -0.15) is 5.26 Å². The summed E-state index contributed by atoms with van der Waals surface area (Å²) in [6.45, 7) is 4.74. The molecule has 4 rings (SSSR count). The molecule has 0 radical (unpaired) electrons. The molecule has 2 unspecified atom stereocenters. The summed E-state index contributed by atoms with van der Waals surface area (Å²) in [5.41, 5.74) is 2.27. The van der Waals surface area contributed by atoms with Gasteiger partial charge in [-0.05, 0) is 74.4 Å². The van der Waals surface area contributed by atoms with Crippen LogP contribution in [0.3, 0.4) is 0 Å². The number of carboxylic acids is 1. The lowest BCUT2D eigenvalue weighted by Crippen LogP contribution is -2.50. The lowest BCUT2D eigenvalue weighted by Gasteiger charge is -2.46. The van der Waals surface area contributed by atoms with Gasteiger partial charge < -0.3 is 14.6 Å². The number of piperidine rings is 1. The van der Waals surface area contributed by atoms with E-state index in [0.717, 1.165) is 29.7 Å². The van der Waals surface area contributed by atoms with Crippen molar-refractivity contribution in [3.8, 4) is 17.6 Å². The number of nitriles is 1. The van der Waals surface area contributed by atoms with Crippen LogP contribution in [-0.4, -0.2) is 41.0 Å². The van der Waals surface area contributed by atoms with Crippen LogP contribution in [-0.2, 0) is 17.6 Å². The van der Waals surface area contributed by atoms with Gasteiger partial charge in [0, 0.05) is 24.7 Å². The summed E-state index contributed by atoms with van der Waals surface area (Å²) in [4.78, 5) is 13.3. The molecule has 1 saturated heterocycles. The van der Waals surface area contributed by atoms with Crippen LogP contribution in [0.5, 0.6) is 11.5 Å². The highest BCUT2D eigenvalue weighted by Gasteiger charge is 2.41. The summed E-state index contributed by atoms with van der Waals surface area (Å²) < 4.78 is 49.6. The third-order valence-electron chi connectivity index (χ3n) is 7.34. The molecular weight excluding hydrogens is 473 g/mol. The predicted octanol–water partition coefficient (Wildman–Crippen LogP) is 5.64. The van der Waals surface area contributed by atoms with E-state index in [-0.39, 0.29) is 23.0 Å². The van der Waals surface area contributed by atoms with Gasteiger partial charge in [0.2, 0.25) is 0 Å². The lowest BCUT2D eigenvalue weighted by molar-refractivity contribution is -0.275. The number of fused-ring (bicyclic) bond motifs is 1. The molecule has 0 aromatic heterocycles. The minimum absolute atomic E-state index is 0.278. The number of carbonyl (C=O) groups is 1. The zero-order valence-electron chi connectivity index (χ0n) is 20.3. The number of benzene rings is 2. The van der Waals surface area contributed by atoms with E-state index in [1.165, 1.54) is 18.2 Å². The Bertz CT molecular complexity index is 1170. The molecule has 2 aromatic rings. The maximum absolute atomic E-state index is 13.0. The van der Waals surface area contributed by atoms with E-state index in [1.807, 2.05) is 31.2 Å². The number of hydrogen-bond acceptors (Lipinski definition) is 5. The van der Waals surface area contributed by atoms with E-state index >= 15 is 0 Å². The lowest BCUT2D eigenvalue weighted by atomic mass is 9.82. The summed E-state index contributed by atoms with van der Waals surface area (Å²) >= 11 is 0. The third-order valence-corrected chi connectivity index (χ3v) is 7.34. The normalized spacial score (nSPS) is 19.0. The number of ether oxygens (including phenoxy) is 2. The highest BCUT2D eigenvalue weighted by Crippen LogP contribution is 2.42.